The molecule has 2 unspecified atom stereocenters. The lowest BCUT2D eigenvalue weighted by atomic mass is 9.69. The Morgan fingerprint density at radius 3 is 2.58 bits per heavy atom. The fourth-order valence-corrected chi connectivity index (χ4v) is 6.80. The number of hydrazine groups is 1. The first-order chi connectivity index (χ1) is 20.4. The number of carbonyl (C=O) groups excluding carboxylic acids is 1. The van der Waals surface area contributed by atoms with Crippen molar-refractivity contribution in [2.45, 2.75) is 52.0 Å². The first-order valence-corrected chi connectivity index (χ1v) is 15.4. The highest BCUT2D eigenvalue weighted by Crippen LogP contribution is 2.45. The Labute approximate surface area is 255 Å². The first kappa shape index (κ1) is 32.0. The lowest BCUT2D eigenvalue weighted by Crippen LogP contribution is -2.43. The van der Waals surface area contributed by atoms with Gasteiger partial charge < -0.3 is 25.9 Å². The third-order valence-electron chi connectivity index (χ3n) is 8.13. The van der Waals surface area contributed by atoms with Gasteiger partial charge in [0.25, 0.3) is 0 Å². The van der Waals surface area contributed by atoms with Crippen LogP contribution < -0.4 is 26.6 Å². The van der Waals surface area contributed by atoms with Crippen LogP contribution in [0, 0.1) is 19.3 Å². The zero-order valence-electron chi connectivity index (χ0n) is 25.3. The number of aliphatic carboxylic acids is 1. The van der Waals surface area contributed by atoms with Crippen molar-refractivity contribution in [3.8, 4) is 5.75 Å². The highest BCUT2D eigenvalue weighted by molar-refractivity contribution is 7.82. The van der Waals surface area contributed by atoms with E-state index in [1.54, 1.807) is 18.9 Å². The van der Waals surface area contributed by atoms with Gasteiger partial charge in [0, 0.05) is 25.6 Å². The van der Waals surface area contributed by atoms with Gasteiger partial charge in [-0.15, -0.1) is 0 Å². The maximum Gasteiger partial charge on any atom is 0.322 e. The van der Waals surface area contributed by atoms with Crippen LogP contribution in [0.15, 0.2) is 59.5 Å². The van der Waals surface area contributed by atoms with E-state index in [1.807, 2.05) is 79.7 Å². The van der Waals surface area contributed by atoms with Crippen LogP contribution in [-0.4, -0.2) is 51.7 Å². The molecule has 1 aliphatic rings. The van der Waals surface area contributed by atoms with Crippen molar-refractivity contribution in [1.29, 1.82) is 0 Å². The molecule has 0 spiro atoms. The summed E-state index contributed by atoms with van der Waals surface area (Å²) in [5, 5.41) is 13.4. The van der Waals surface area contributed by atoms with Crippen LogP contribution in [0.25, 0.3) is 0 Å². The Morgan fingerprint density at radius 1 is 1.16 bits per heavy atom. The van der Waals surface area contributed by atoms with Crippen molar-refractivity contribution in [3.63, 3.8) is 0 Å². The molecule has 10 nitrogen and oxygen atoms in total. The summed E-state index contributed by atoms with van der Waals surface area (Å²) >= 11 is 0. The van der Waals surface area contributed by atoms with E-state index in [0.717, 1.165) is 27.8 Å². The summed E-state index contributed by atoms with van der Waals surface area (Å²) in [5.74, 6) is 4.78. The maximum absolute atomic E-state index is 13.6. The molecule has 2 atom stereocenters. The monoisotopic (exact) mass is 607 g/mol. The minimum atomic E-state index is -1.42. The number of nitrogen functional groups attached to an aromatic ring is 1. The topological polar surface area (TPSA) is 151 Å². The van der Waals surface area contributed by atoms with Crippen molar-refractivity contribution >= 4 is 34.2 Å². The molecule has 0 bridgehead atoms. The molecule has 0 aliphatic carbocycles. The van der Waals surface area contributed by atoms with Crippen molar-refractivity contribution < 1.29 is 23.6 Å². The van der Waals surface area contributed by atoms with Crippen LogP contribution in [0.5, 0.6) is 5.75 Å². The van der Waals surface area contributed by atoms with E-state index in [2.05, 4.69) is 5.32 Å². The summed E-state index contributed by atoms with van der Waals surface area (Å²) in [5.41, 5.74) is 11.1. The number of nitrogens with zero attached hydrogens (tertiary/aromatic N) is 2. The number of hydrogen-bond acceptors (Lipinski definition) is 7. The number of rotatable bonds is 10. The van der Waals surface area contributed by atoms with Gasteiger partial charge in [0.05, 0.1) is 21.7 Å². The second kappa shape index (κ2) is 13.2. The van der Waals surface area contributed by atoms with E-state index < -0.39 is 40.7 Å². The molecule has 4 rings (SSSR count). The van der Waals surface area contributed by atoms with E-state index in [0.29, 0.717) is 48.3 Å². The highest BCUT2D eigenvalue weighted by atomic mass is 32.2. The summed E-state index contributed by atoms with van der Waals surface area (Å²) in [7, 11) is -1.42. The van der Waals surface area contributed by atoms with Gasteiger partial charge in [-0.05, 0) is 66.8 Å². The SMILES string of the molecule is CCN(N)c1ccc(C(c2ccc(C)c(CN3CCOc4ccccc4S3=O)c2)C(C)(C)C(=O)NCC(=O)O)c(C)c1N. The van der Waals surface area contributed by atoms with E-state index in [9.17, 15) is 18.9 Å². The van der Waals surface area contributed by atoms with E-state index in [-0.39, 0.29) is 0 Å². The number of amides is 1. The third-order valence-corrected chi connectivity index (χ3v) is 9.62. The number of nitrogens with two attached hydrogens (primary N) is 2. The highest BCUT2D eigenvalue weighted by Gasteiger charge is 2.40. The van der Waals surface area contributed by atoms with E-state index in [1.165, 1.54) is 0 Å². The van der Waals surface area contributed by atoms with Gasteiger partial charge in [-0.2, -0.15) is 0 Å². The fourth-order valence-electron chi connectivity index (χ4n) is 5.53. The molecule has 6 N–H and O–H groups in total. The minimum Gasteiger partial charge on any atom is -0.491 e. The molecule has 0 saturated heterocycles. The van der Waals surface area contributed by atoms with Crippen LogP contribution in [0.3, 0.4) is 0 Å². The zero-order chi connectivity index (χ0) is 31.5. The number of fused-ring (bicyclic) bond motifs is 1. The van der Waals surface area contributed by atoms with Crippen molar-refractivity contribution in [3.05, 3.63) is 82.4 Å². The molecule has 43 heavy (non-hydrogen) atoms. The smallest absolute Gasteiger partial charge is 0.322 e. The molecule has 0 aromatic heterocycles. The fraction of sp³-hybridized carbons (Fsp3) is 0.375. The number of para-hydroxylation sites is 1. The molecule has 0 radical (unpaired) electrons. The molecule has 1 heterocycles. The van der Waals surface area contributed by atoms with Crippen LogP contribution >= 0.6 is 0 Å². The van der Waals surface area contributed by atoms with Gasteiger partial charge >= 0.3 is 5.97 Å². The Balaban J connectivity index is 1.80. The molecule has 0 saturated carbocycles. The molecular weight excluding hydrogens is 566 g/mol. The first-order valence-electron chi connectivity index (χ1n) is 14.3. The van der Waals surface area contributed by atoms with E-state index >= 15 is 0 Å². The maximum atomic E-state index is 13.6. The quantitative estimate of drug-likeness (QED) is 0.154. The summed E-state index contributed by atoms with van der Waals surface area (Å²) in [4.78, 5) is 25.5. The number of benzene rings is 3. The summed E-state index contributed by atoms with van der Waals surface area (Å²) in [6.45, 7) is 10.8. The molecule has 3 aromatic rings. The van der Waals surface area contributed by atoms with Crippen LogP contribution in [0.2, 0.25) is 0 Å². The van der Waals surface area contributed by atoms with Crippen molar-refractivity contribution in [2.75, 3.05) is 37.0 Å². The normalized spacial score (nSPS) is 16.0. The van der Waals surface area contributed by atoms with Crippen LogP contribution in [0.1, 0.15) is 54.5 Å². The number of ether oxygens (including phenoxy) is 1. The largest absolute Gasteiger partial charge is 0.491 e. The Kier molecular flexibility index (Phi) is 9.79. The predicted molar refractivity (Wildman–Crippen MR) is 169 cm³/mol. The number of aryl methyl sites for hydroxylation is 1. The zero-order valence-corrected chi connectivity index (χ0v) is 26.2. The minimum absolute atomic E-state index is 0.402. The van der Waals surface area contributed by atoms with Gasteiger partial charge in [-0.25, -0.2) is 14.4 Å². The van der Waals surface area contributed by atoms with Crippen molar-refractivity contribution in [1.82, 2.24) is 9.62 Å². The molecule has 11 heteroatoms. The van der Waals surface area contributed by atoms with Crippen LogP contribution in [-0.2, 0) is 27.1 Å². The molecule has 3 aromatic carbocycles. The van der Waals surface area contributed by atoms with Gasteiger partial charge in [-0.1, -0.05) is 50.2 Å². The van der Waals surface area contributed by atoms with Gasteiger partial charge in [0.2, 0.25) is 5.91 Å². The second-order valence-electron chi connectivity index (χ2n) is 11.3. The molecule has 1 amide bonds. The number of carboxylic acid groups (broad SMARTS) is 1. The third kappa shape index (κ3) is 6.69. The second-order valence-corrected chi connectivity index (χ2v) is 12.8. The molecule has 0 fully saturated rings. The lowest BCUT2D eigenvalue weighted by molar-refractivity contribution is -0.139. The number of hydrogen-bond donors (Lipinski definition) is 4. The molecule has 1 aliphatic heterocycles. The van der Waals surface area contributed by atoms with Gasteiger partial charge in [0.15, 0.2) is 0 Å². The van der Waals surface area contributed by atoms with Crippen LogP contribution in [0.4, 0.5) is 11.4 Å². The van der Waals surface area contributed by atoms with Crippen molar-refractivity contribution in [2.24, 2.45) is 11.3 Å². The Bertz CT molecular complexity index is 1540. The number of anilines is 2. The Morgan fingerprint density at radius 2 is 1.88 bits per heavy atom. The summed E-state index contributed by atoms with van der Waals surface area (Å²) in [6.07, 6.45) is 0. The number of nitrogens with one attached hydrogen (secondary N) is 1. The van der Waals surface area contributed by atoms with Gasteiger partial charge in [0.1, 0.15) is 29.9 Å². The predicted octanol–water partition coefficient (Wildman–Crippen LogP) is 3.86. The van der Waals surface area contributed by atoms with Gasteiger partial charge in [-0.3, -0.25) is 9.59 Å². The summed E-state index contributed by atoms with van der Waals surface area (Å²) in [6, 6.07) is 17.2. The average molecular weight is 608 g/mol. The van der Waals surface area contributed by atoms with E-state index in [4.69, 9.17) is 16.3 Å². The Hall–Kier alpha value is -3.93. The number of carbonyl (C=O) groups is 2. The number of carboxylic acids is 1. The molecule has 230 valence electrons. The lowest BCUT2D eigenvalue weighted by Gasteiger charge is -2.36. The average Bonchev–Trinajstić information content (AvgIpc) is 3.13. The molecular formula is C32H41N5O5S. The standard InChI is InChI=1S/C32H41N5O5S/c1-6-37(34)25-14-13-24(21(3)30(25)33)29(32(4,5)31(40)35-18-28(38)39)22-12-11-20(2)23(17-22)19-36-15-16-42-26-9-7-8-10-27(26)43(36)41/h7-14,17,29H,6,15-16,18-19,33-34H2,1-5H3,(H,35,40)(H,38,39). The summed E-state index contributed by atoms with van der Waals surface area (Å²) < 4.78 is 21.3.